The van der Waals surface area contributed by atoms with E-state index < -0.39 is 0 Å². The molecule has 2 nitrogen and oxygen atoms in total. The predicted molar refractivity (Wildman–Crippen MR) is 59.8 cm³/mol. The van der Waals surface area contributed by atoms with Crippen LogP contribution < -0.4 is 0 Å². The topological polar surface area (TPSA) is 26.3 Å². The Balaban J connectivity index is 1.65. The molecule has 0 aromatic carbocycles. The van der Waals surface area contributed by atoms with Crippen LogP contribution in [0.5, 0.6) is 0 Å². The van der Waals surface area contributed by atoms with Gasteiger partial charge in [0, 0.05) is 13.0 Å². The monoisotopic (exact) mass is 220 g/mol. The molecule has 0 amide bonds. The first-order valence-corrected chi connectivity index (χ1v) is 6.81. The van der Waals surface area contributed by atoms with E-state index in [9.17, 15) is 4.79 Å². The maximum Gasteiger partial charge on any atom is 0.123 e. The fraction of sp³-hybridized carbons (Fsp3) is 0.929. The van der Waals surface area contributed by atoms with Crippen LogP contribution >= 0.6 is 0 Å². The van der Waals surface area contributed by atoms with Crippen LogP contribution in [0.4, 0.5) is 0 Å². The van der Waals surface area contributed by atoms with Crippen molar-refractivity contribution in [3.8, 4) is 0 Å². The number of ether oxygens (including phenoxy) is 1. The summed E-state index contributed by atoms with van der Waals surface area (Å²) in [5.41, 5.74) is 0. The Labute approximate surface area is 96.7 Å². The molecule has 0 aromatic rings. The van der Waals surface area contributed by atoms with Gasteiger partial charge in [-0.05, 0) is 61.2 Å². The Kier molecular flexibility index (Phi) is 1.86. The van der Waals surface area contributed by atoms with Crippen LogP contribution in [0.25, 0.3) is 0 Å². The highest BCUT2D eigenvalue weighted by molar-refractivity contribution is 5.55. The molecule has 0 aromatic heterocycles. The first-order chi connectivity index (χ1) is 7.83. The molecular weight excluding hydrogens is 200 g/mol. The van der Waals surface area contributed by atoms with Gasteiger partial charge in [0.25, 0.3) is 0 Å². The van der Waals surface area contributed by atoms with Gasteiger partial charge in [0.05, 0.1) is 6.10 Å². The Bertz CT molecular complexity index is 327. The van der Waals surface area contributed by atoms with Gasteiger partial charge in [-0.3, -0.25) is 0 Å². The molecule has 4 saturated carbocycles. The summed E-state index contributed by atoms with van der Waals surface area (Å²) >= 11 is 0. The van der Waals surface area contributed by atoms with Gasteiger partial charge in [0.2, 0.25) is 0 Å². The van der Waals surface area contributed by atoms with Crippen molar-refractivity contribution in [3.63, 3.8) is 0 Å². The van der Waals surface area contributed by atoms with Gasteiger partial charge in [-0.15, -0.1) is 0 Å². The Morgan fingerprint density at radius 3 is 2.44 bits per heavy atom. The minimum atomic E-state index is 0.409. The number of rotatable bonds is 2. The molecule has 88 valence electrons. The molecule has 8 atom stereocenters. The summed E-state index contributed by atoms with van der Waals surface area (Å²) in [4.78, 5) is 11.1. The maximum atomic E-state index is 11.1. The molecule has 0 heterocycles. The summed E-state index contributed by atoms with van der Waals surface area (Å²) in [6, 6.07) is 0. The molecule has 4 rings (SSSR count). The molecule has 2 heteroatoms. The van der Waals surface area contributed by atoms with Gasteiger partial charge in [-0.1, -0.05) is 0 Å². The fourth-order valence-electron chi connectivity index (χ4n) is 6.02. The van der Waals surface area contributed by atoms with Crippen molar-refractivity contribution >= 4 is 6.29 Å². The summed E-state index contributed by atoms with van der Waals surface area (Å²) < 4.78 is 5.64. The van der Waals surface area contributed by atoms with E-state index in [-0.39, 0.29) is 0 Å². The zero-order valence-corrected chi connectivity index (χ0v) is 9.84. The standard InChI is InChI=1S/C14H20O2/c1-16-12-5-8-4-11(12)14-7-2-9(6-15)10(3-7)13(8)14/h6-14H,2-5H2,1H3. The molecule has 0 radical (unpaired) electrons. The summed E-state index contributed by atoms with van der Waals surface area (Å²) in [7, 11) is 1.88. The van der Waals surface area contributed by atoms with E-state index >= 15 is 0 Å². The third kappa shape index (κ3) is 0.958. The zero-order valence-electron chi connectivity index (χ0n) is 9.84. The van der Waals surface area contributed by atoms with Crippen molar-refractivity contribution in [1.29, 1.82) is 0 Å². The summed E-state index contributed by atoms with van der Waals surface area (Å²) in [5, 5.41) is 0. The summed E-state index contributed by atoms with van der Waals surface area (Å²) in [6.07, 6.45) is 7.00. The Morgan fingerprint density at radius 2 is 1.69 bits per heavy atom. The number of fused-ring (bicyclic) bond motifs is 9. The first-order valence-electron chi connectivity index (χ1n) is 6.81. The van der Waals surface area contributed by atoms with E-state index in [1.165, 1.54) is 32.0 Å². The quantitative estimate of drug-likeness (QED) is 0.526. The van der Waals surface area contributed by atoms with Crippen LogP contribution in [0, 0.1) is 41.4 Å². The largest absolute Gasteiger partial charge is 0.381 e. The van der Waals surface area contributed by atoms with E-state index in [1.54, 1.807) is 0 Å². The van der Waals surface area contributed by atoms with E-state index in [2.05, 4.69) is 0 Å². The van der Waals surface area contributed by atoms with Crippen LogP contribution in [-0.2, 0) is 9.53 Å². The second kappa shape index (κ2) is 3.10. The molecule has 0 N–H and O–H groups in total. The van der Waals surface area contributed by atoms with Gasteiger partial charge in [-0.25, -0.2) is 0 Å². The molecule has 4 aliphatic rings. The van der Waals surface area contributed by atoms with E-state index in [0.717, 1.165) is 35.5 Å². The van der Waals surface area contributed by atoms with Crippen LogP contribution in [-0.4, -0.2) is 19.5 Å². The number of hydrogen-bond acceptors (Lipinski definition) is 2. The van der Waals surface area contributed by atoms with Crippen LogP contribution in [0.1, 0.15) is 25.7 Å². The lowest BCUT2D eigenvalue weighted by molar-refractivity contribution is -0.114. The van der Waals surface area contributed by atoms with E-state index in [4.69, 9.17) is 4.74 Å². The number of aldehydes is 1. The van der Waals surface area contributed by atoms with Gasteiger partial charge >= 0.3 is 0 Å². The van der Waals surface area contributed by atoms with Crippen LogP contribution in [0.3, 0.4) is 0 Å². The lowest BCUT2D eigenvalue weighted by Gasteiger charge is -2.39. The second-order valence-electron chi connectivity index (χ2n) is 6.52. The average molecular weight is 220 g/mol. The van der Waals surface area contributed by atoms with Gasteiger partial charge in [0.15, 0.2) is 0 Å². The lowest BCUT2D eigenvalue weighted by atomic mass is 9.67. The Morgan fingerprint density at radius 1 is 1.00 bits per heavy atom. The maximum absolute atomic E-state index is 11.1. The average Bonchev–Trinajstić information content (AvgIpc) is 3.03. The number of hydrogen-bond donors (Lipinski definition) is 0. The van der Waals surface area contributed by atoms with Gasteiger partial charge < -0.3 is 9.53 Å². The highest BCUT2D eigenvalue weighted by Crippen LogP contribution is 2.68. The normalized spacial score (nSPS) is 61.6. The van der Waals surface area contributed by atoms with Crippen molar-refractivity contribution in [3.05, 3.63) is 0 Å². The Hall–Kier alpha value is -0.370. The van der Waals surface area contributed by atoms with E-state index in [1.807, 2.05) is 7.11 Å². The third-order valence-corrected chi connectivity index (χ3v) is 6.29. The van der Waals surface area contributed by atoms with E-state index in [0.29, 0.717) is 12.0 Å². The number of methoxy groups -OCH3 is 1. The van der Waals surface area contributed by atoms with Crippen molar-refractivity contribution in [2.45, 2.75) is 31.8 Å². The van der Waals surface area contributed by atoms with Gasteiger partial charge in [-0.2, -0.15) is 0 Å². The predicted octanol–water partition coefficient (Wildman–Crippen LogP) is 2.13. The molecule has 4 fully saturated rings. The zero-order chi connectivity index (χ0) is 10.9. The fourth-order valence-corrected chi connectivity index (χ4v) is 6.02. The number of carbonyl (C=O) groups is 1. The van der Waals surface area contributed by atoms with Gasteiger partial charge in [0.1, 0.15) is 6.29 Å². The third-order valence-electron chi connectivity index (χ3n) is 6.29. The number of carbonyl (C=O) groups excluding carboxylic acids is 1. The SMILES string of the molecule is COC1CC2CC1C1C3CC(C=O)C(C3)C21. The van der Waals surface area contributed by atoms with Crippen LogP contribution in [0.15, 0.2) is 0 Å². The highest BCUT2D eigenvalue weighted by atomic mass is 16.5. The smallest absolute Gasteiger partial charge is 0.123 e. The molecule has 4 bridgehead atoms. The first kappa shape index (κ1) is 9.64. The minimum Gasteiger partial charge on any atom is -0.381 e. The summed E-state index contributed by atoms with van der Waals surface area (Å²) in [5.74, 6) is 5.56. The van der Waals surface area contributed by atoms with Crippen molar-refractivity contribution in [1.82, 2.24) is 0 Å². The molecular formula is C14H20O2. The molecule has 4 aliphatic carbocycles. The minimum absolute atomic E-state index is 0.409. The second-order valence-corrected chi connectivity index (χ2v) is 6.52. The molecule has 8 unspecified atom stereocenters. The van der Waals surface area contributed by atoms with Crippen molar-refractivity contribution in [2.75, 3.05) is 7.11 Å². The molecule has 16 heavy (non-hydrogen) atoms. The molecule has 0 aliphatic heterocycles. The molecule has 0 spiro atoms. The lowest BCUT2D eigenvalue weighted by Crippen LogP contribution is -2.38. The molecule has 0 saturated heterocycles. The van der Waals surface area contributed by atoms with Crippen LogP contribution in [0.2, 0.25) is 0 Å². The van der Waals surface area contributed by atoms with Crippen molar-refractivity contribution in [2.24, 2.45) is 41.4 Å². The highest BCUT2D eigenvalue weighted by Gasteiger charge is 2.64. The van der Waals surface area contributed by atoms with Crippen molar-refractivity contribution < 1.29 is 9.53 Å². The summed E-state index contributed by atoms with van der Waals surface area (Å²) in [6.45, 7) is 0.